The van der Waals surface area contributed by atoms with E-state index < -0.39 is 0 Å². The Labute approximate surface area is 94.0 Å². The lowest BCUT2D eigenvalue weighted by Crippen LogP contribution is -2.48. The number of carbonyl (C=O) groups is 1. The van der Waals surface area contributed by atoms with Crippen LogP contribution in [-0.2, 0) is 0 Å². The smallest absolute Gasteiger partial charge is 0.273 e. The molecule has 0 atom stereocenters. The molecule has 0 radical (unpaired) electrons. The van der Waals surface area contributed by atoms with Gasteiger partial charge in [0.15, 0.2) is 12.1 Å². The summed E-state index contributed by atoms with van der Waals surface area (Å²) in [5.41, 5.74) is 0.386. The lowest BCUT2D eigenvalue weighted by molar-refractivity contribution is 0.0936. The fraction of sp³-hybridized carbons (Fsp3) is 0.556. The second-order valence-corrected chi connectivity index (χ2v) is 3.49. The first-order valence-corrected chi connectivity index (χ1v) is 4.66. The maximum atomic E-state index is 11.5. The van der Waals surface area contributed by atoms with Crippen LogP contribution in [0.25, 0.3) is 0 Å². The molecular weight excluding hydrogens is 218 g/mol. The Morgan fingerprint density at radius 1 is 1.73 bits per heavy atom. The molecule has 1 aromatic rings. The van der Waals surface area contributed by atoms with Gasteiger partial charge in [-0.2, -0.15) is 0 Å². The molecule has 2 heterocycles. The maximum Gasteiger partial charge on any atom is 0.273 e. The van der Waals surface area contributed by atoms with Gasteiger partial charge in [0, 0.05) is 25.6 Å². The van der Waals surface area contributed by atoms with Gasteiger partial charge in [-0.3, -0.25) is 4.79 Å². The first-order chi connectivity index (χ1) is 6.77. The molecule has 1 fully saturated rings. The summed E-state index contributed by atoms with van der Waals surface area (Å²) in [6, 6.07) is 0. The number of rotatable bonds is 3. The third kappa shape index (κ3) is 2.70. The Bertz CT molecular complexity index is 336. The fourth-order valence-corrected chi connectivity index (χ4v) is 1.34. The zero-order valence-corrected chi connectivity index (χ0v) is 9.26. The van der Waals surface area contributed by atoms with Crippen LogP contribution in [-0.4, -0.2) is 30.5 Å². The largest absolute Gasteiger partial charge is 0.448 e. The maximum absolute atomic E-state index is 11.5. The topological polar surface area (TPSA) is 67.2 Å². The summed E-state index contributed by atoms with van der Waals surface area (Å²) in [6.45, 7) is 4.40. The molecule has 0 bridgehead atoms. The number of nitrogens with zero attached hydrogens (tertiary/aromatic N) is 1. The molecule has 2 N–H and O–H groups in total. The molecule has 0 spiro atoms. The molecule has 0 aliphatic carbocycles. The van der Waals surface area contributed by atoms with Gasteiger partial charge in [0.05, 0.1) is 0 Å². The molecule has 0 aromatic carbocycles. The summed E-state index contributed by atoms with van der Waals surface area (Å²) in [5.74, 6) is 0.976. The van der Waals surface area contributed by atoms with Crippen molar-refractivity contribution < 1.29 is 9.21 Å². The van der Waals surface area contributed by atoms with Crippen LogP contribution in [0.3, 0.4) is 0 Å². The number of oxazole rings is 1. The summed E-state index contributed by atoms with van der Waals surface area (Å²) in [5, 5.41) is 5.97. The number of hydrogen-bond acceptors (Lipinski definition) is 4. The number of aromatic nitrogens is 1. The van der Waals surface area contributed by atoms with Gasteiger partial charge >= 0.3 is 0 Å². The van der Waals surface area contributed by atoms with Crippen LogP contribution in [0.5, 0.6) is 0 Å². The van der Waals surface area contributed by atoms with Gasteiger partial charge in [-0.05, 0) is 6.92 Å². The van der Waals surface area contributed by atoms with Gasteiger partial charge in [-0.15, -0.1) is 12.4 Å². The average molecular weight is 232 g/mol. The first kappa shape index (κ1) is 12.0. The van der Waals surface area contributed by atoms with E-state index in [9.17, 15) is 4.79 Å². The third-order valence-electron chi connectivity index (χ3n) is 2.38. The van der Waals surface area contributed by atoms with Gasteiger partial charge in [-0.1, -0.05) is 0 Å². The van der Waals surface area contributed by atoms with Crippen LogP contribution in [0.2, 0.25) is 0 Å². The normalized spacial score (nSPS) is 15.3. The van der Waals surface area contributed by atoms with E-state index in [0.29, 0.717) is 23.9 Å². The molecule has 1 aromatic heterocycles. The lowest BCUT2D eigenvalue weighted by Gasteiger charge is -2.26. The summed E-state index contributed by atoms with van der Waals surface area (Å²) in [6.07, 6.45) is 1.29. The molecule has 1 aliphatic rings. The highest BCUT2D eigenvalue weighted by Gasteiger charge is 2.19. The van der Waals surface area contributed by atoms with Crippen LogP contribution in [0.1, 0.15) is 16.2 Å². The van der Waals surface area contributed by atoms with Gasteiger partial charge in [0.2, 0.25) is 0 Å². The minimum Gasteiger partial charge on any atom is -0.448 e. The van der Waals surface area contributed by atoms with Crippen LogP contribution < -0.4 is 10.6 Å². The van der Waals surface area contributed by atoms with E-state index in [1.807, 2.05) is 0 Å². The van der Waals surface area contributed by atoms with Gasteiger partial charge in [0.1, 0.15) is 5.76 Å². The van der Waals surface area contributed by atoms with E-state index in [1.165, 1.54) is 6.39 Å². The Kier molecular flexibility index (Phi) is 4.11. The fourth-order valence-electron chi connectivity index (χ4n) is 1.34. The molecule has 1 saturated heterocycles. The standard InChI is InChI=1S/C9H13N3O2.ClH/c1-6-8(12-5-14-6)9(13)11-4-7-2-10-3-7;/h5,7,10H,2-4H2,1H3,(H,11,13);1H. The van der Waals surface area contributed by atoms with E-state index in [2.05, 4.69) is 15.6 Å². The van der Waals surface area contributed by atoms with Crippen molar-refractivity contribution in [2.45, 2.75) is 6.92 Å². The van der Waals surface area contributed by atoms with Crippen molar-refractivity contribution in [3.63, 3.8) is 0 Å². The molecule has 15 heavy (non-hydrogen) atoms. The van der Waals surface area contributed by atoms with Crippen molar-refractivity contribution in [1.29, 1.82) is 0 Å². The van der Waals surface area contributed by atoms with E-state index in [0.717, 1.165) is 13.1 Å². The minimum absolute atomic E-state index is 0. The molecule has 5 nitrogen and oxygen atoms in total. The number of halogens is 1. The molecule has 6 heteroatoms. The second-order valence-electron chi connectivity index (χ2n) is 3.49. The zero-order chi connectivity index (χ0) is 9.97. The van der Waals surface area contributed by atoms with Crippen LogP contribution in [0.15, 0.2) is 10.8 Å². The van der Waals surface area contributed by atoms with E-state index in [-0.39, 0.29) is 18.3 Å². The molecule has 0 unspecified atom stereocenters. The van der Waals surface area contributed by atoms with E-state index >= 15 is 0 Å². The van der Waals surface area contributed by atoms with Crippen molar-refractivity contribution in [2.75, 3.05) is 19.6 Å². The van der Waals surface area contributed by atoms with Crippen LogP contribution in [0, 0.1) is 12.8 Å². The number of amides is 1. The highest BCUT2D eigenvalue weighted by molar-refractivity contribution is 5.93. The highest BCUT2D eigenvalue weighted by atomic mass is 35.5. The lowest BCUT2D eigenvalue weighted by atomic mass is 10.0. The van der Waals surface area contributed by atoms with E-state index in [4.69, 9.17) is 4.42 Å². The van der Waals surface area contributed by atoms with Crippen molar-refractivity contribution >= 4 is 18.3 Å². The summed E-state index contributed by atoms with van der Waals surface area (Å²) < 4.78 is 4.95. The van der Waals surface area contributed by atoms with Crippen LogP contribution in [0.4, 0.5) is 0 Å². The molecular formula is C9H14ClN3O2. The second kappa shape index (κ2) is 5.14. The molecule has 2 rings (SSSR count). The Morgan fingerprint density at radius 2 is 2.47 bits per heavy atom. The van der Waals surface area contributed by atoms with Crippen molar-refractivity contribution in [3.05, 3.63) is 17.8 Å². The Balaban J connectivity index is 0.00000112. The Hall–Kier alpha value is -1.07. The Morgan fingerprint density at radius 3 is 2.93 bits per heavy atom. The number of nitrogens with one attached hydrogen (secondary N) is 2. The SMILES string of the molecule is Cc1ocnc1C(=O)NCC1CNC1.Cl. The van der Waals surface area contributed by atoms with Gasteiger partial charge < -0.3 is 15.1 Å². The zero-order valence-electron chi connectivity index (χ0n) is 8.45. The number of hydrogen-bond donors (Lipinski definition) is 2. The summed E-state index contributed by atoms with van der Waals surface area (Å²) in [7, 11) is 0. The third-order valence-corrected chi connectivity index (χ3v) is 2.38. The molecule has 84 valence electrons. The molecule has 0 saturated carbocycles. The van der Waals surface area contributed by atoms with Gasteiger partial charge in [0.25, 0.3) is 5.91 Å². The van der Waals surface area contributed by atoms with E-state index in [1.54, 1.807) is 6.92 Å². The van der Waals surface area contributed by atoms with Crippen molar-refractivity contribution in [3.8, 4) is 0 Å². The minimum atomic E-state index is -0.150. The monoisotopic (exact) mass is 231 g/mol. The first-order valence-electron chi connectivity index (χ1n) is 4.66. The van der Waals surface area contributed by atoms with Crippen molar-refractivity contribution in [1.82, 2.24) is 15.6 Å². The predicted octanol–water partition coefficient (Wildman–Crippen LogP) is 0.354. The summed E-state index contributed by atoms with van der Waals surface area (Å²) >= 11 is 0. The van der Waals surface area contributed by atoms with Crippen molar-refractivity contribution in [2.24, 2.45) is 5.92 Å². The quantitative estimate of drug-likeness (QED) is 0.788. The van der Waals surface area contributed by atoms with Gasteiger partial charge in [-0.25, -0.2) is 4.98 Å². The highest BCUT2D eigenvalue weighted by Crippen LogP contribution is 2.05. The van der Waals surface area contributed by atoms with Crippen LogP contribution >= 0.6 is 12.4 Å². The predicted molar refractivity (Wildman–Crippen MR) is 57.2 cm³/mol. The molecule has 1 aliphatic heterocycles. The number of aryl methyl sites for hydroxylation is 1. The average Bonchev–Trinajstić information content (AvgIpc) is 2.48. The summed E-state index contributed by atoms with van der Waals surface area (Å²) in [4.78, 5) is 15.4. The number of carbonyl (C=O) groups excluding carboxylic acids is 1. The molecule has 1 amide bonds.